The van der Waals surface area contributed by atoms with Crippen molar-refractivity contribution >= 4 is 5.78 Å². The van der Waals surface area contributed by atoms with Gasteiger partial charge in [0.25, 0.3) is 0 Å². The van der Waals surface area contributed by atoms with Crippen molar-refractivity contribution in [1.29, 1.82) is 0 Å². The Bertz CT molecular complexity index is 386. The summed E-state index contributed by atoms with van der Waals surface area (Å²) < 4.78 is 5.48. The van der Waals surface area contributed by atoms with Crippen LogP contribution >= 0.6 is 0 Å². The van der Waals surface area contributed by atoms with Crippen LogP contribution in [0.25, 0.3) is 0 Å². The fraction of sp³-hybridized carbons (Fsp3) is 0.500. The highest BCUT2D eigenvalue weighted by Crippen LogP contribution is 2.38. The maximum Gasteiger partial charge on any atom is 0.165 e. The van der Waals surface area contributed by atoms with Crippen molar-refractivity contribution in [3.05, 3.63) is 35.4 Å². The van der Waals surface area contributed by atoms with Gasteiger partial charge in [-0.05, 0) is 32.3 Å². The largest absolute Gasteiger partial charge is 0.378 e. The number of carbonyl (C=O) groups excluding carboxylic acids is 1. The Hall–Kier alpha value is -1.15. The molecule has 1 aliphatic rings. The van der Waals surface area contributed by atoms with Crippen molar-refractivity contribution in [1.82, 2.24) is 0 Å². The molecule has 0 radical (unpaired) electrons. The van der Waals surface area contributed by atoms with E-state index >= 15 is 0 Å². The fourth-order valence-electron chi connectivity index (χ4n) is 2.24. The van der Waals surface area contributed by atoms with Gasteiger partial charge in [-0.25, -0.2) is 0 Å². The van der Waals surface area contributed by atoms with Gasteiger partial charge in [0.15, 0.2) is 5.78 Å². The van der Waals surface area contributed by atoms with Crippen LogP contribution in [0.1, 0.15) is 41.6 Å². The average molecular weight is 218 g/mol. The molecule has 1 aliphatic carbocycles. The van der Waals surface area contributed by atoms with Crippen LogP contribution in [0.15, 0.2) is 24.3 Å². The number of ketones is 1. The molecule has 2 heteroatoms. The van der Waals surface area contributed by atoms with Gasteiger partial charge in [-0.2, -0.15) is 0 Å². The summed E-state index contributed by atoms with van der Waals surface area (Å²) in [5.41, 5.74) is 1.77. The van der Waals surface area contributed by atoms with Gasteiger partial charge in [-0.15, -0.1) is 0 Å². The Morgan fingerprint density at radius 3 is 2.69 bits per heavy atom. The first-order valence-electron chi connectivity index (χ1n) is 5.80. The summed E-state index contributed by atoms with van der Waals surface area (Å²) in [4.78, 5) is 12.1. The molecule has 1 fully saturated rings. The van der Waals surface area contributed by atoms with Crippen LogP contribution in [-0.2, 0) is 4.74 Å². The number of benzene rings is 1. The van der Waals surface area contributed by atoms with Gasteiger partial charge in [0.1, 0.15) is 0 Å². The van der Waals surface area contributed by atoms with E-state index in [9.17, 15) is 4.79 Å². The number of rotatable bonds is 4. The summed E-state index contributed by atoms with van der Waals surface area (Å²) in [6.07, 6.45) is 3.73. The first-order valence-corrected chi connectivity index (χ1v) is 5.80. The molecule has 0 aromatic heterocycles. The van der Waals surface area contributed by atoms with Crippen molar-refractivity contribution < 1.29 is 9.53 Å². The second-order valence-corrected chi connectivity index (χ2v) is 4.71. The van der Waals surface area contributed by atoms with Crippen molar-refractivity contribution in [3.8, 4) is 0 Å². The normalized spacial score (nSPS) is 17.9. The number of methoxy groups -OCH3 is 1. The third-order valence-electron chi connectivity index (χ3n) is 3.52. The van der Waals surface area contributed by atoms with E-state index in [2.05, 4.69) is 0 Å². The lowest BCUT2D eigenvalue weighted by atomic mass is 9.76. The van der Waals surface area contributed by atoms with Gasteiger partial charge in [0, 0.05) is 19.1 Å². The maximum atomic E-state index is 12.1. The van der Waals surface area contributed by atoms with Crippen LogP contribution < -0.4 is 0 Å². The smallest absolute Gasteiger partial charge is 0.165 e. The zero-order valence-corrected chi connectivity index (χ0v) is 9.95. The standard InChI is InChI=1S/C14H18O2/c1-11-5-3-6-12(9-11)13(15)10-14(16-2)7-4-8-14/h3,5-6,9H,4,7-8,10H2,1-2H3. The molecule has 1 aromatic carbocycles. The van der Waals surface area contributed by atoms with E-state index in [0.29, 0.717) is 6.42 Å². The van der Waals surface area contributed by atoms with Crippen LogP contribution in [0.2, 0.25) is 0 Å². The number of aryl methyl sites for hydroxylation is 1. The van der Waals surface area contributed by atoms with Gasteiger partial charge < -0.3 is 4.74 Å². The van der Waals surface area contributed by atoms with Crippen molar-refractivity contribution in [2.75, 3.05) is 7.11 Å². The van der Waals surface area contributed by atoms with E-state index in [1.165, 1.54) is 6.42 Å². The second-order valence-electron chi connectivity index (χ2n) is 4.71. The molecule has 0 spiro atoms. The van der Waals surface area contributed by atoms with Crippen molar-refractivity contribution in [3.63, 3.8) is 0 Å². The minimum absolute atomic E-state index is 0.166. The van der Waals surface area contributed by atoms with Gasteiger partial charge in [0.05, 0.1) is 5.60 Å². The molecule has 0 unspecified atom stereocenters. The number of ether oxygens (including phenoxy) is 1. The first kappa shape index (κ1) is 11.3. The van der Waals surface area contributed by atoms with Crippen LogP contribution in [0, 0.1) is 6.92 Å². The number of carbonyl (C=O) groups is 1. The monoisotopic (exact) mass is 218 g/mol. The Balaban J connectivity index is 2.08. The minimum Gasteiger partial charge on any atom is -0.378 e. The molecule has 0 aliphatic heterocycles. The van der Waals surface area contributed by atoms with E-state index in [1.807, 2.05) is 31.2 Å². The quantitative estimate of drug-likeness (QED) is 0.726. The van der Waals surface area contributed by atoms with Crippen LogP contribution in [0.5, 0.6) is 0 Å². The van der Waals surface area contributed by atoms with Gasteiger partial charge in [-0.1, -0.05) is 23.8 Å². The van der Waals surface area contributed by atoms with Crippen molar-refractivity contribution in [2.45, 2.75) is 38.2 Å². The molecule has 0 bridgehead atoms. The third kappa shape index (κ3) is 2.17. The van der Waals surface area contributed by atoms with Crippen molar-refractivity contribution in [2.24, 2.45) is 0 Å². The van der Waals surface area contributed by atoms with Gasteiger partial charge >= 0.3 is 0 Å². The molecule has 2 nitrogen and oxygen atoms in total. The number of hydrogen-bond donors (Lipinski definition) is 0. The summed E-state index contributed by atoms with van der Waals surface area (Å²) in [5.74, 6) is 0.199. The zero-order chi connectivity index (χ0) is 11.6. The molecule has 16 heavy (non-hydrogen) atoms. The summed E-state index contributed by atoms with van der Waals surface area (Å²) >= 11 is 0. The summed E-state index contributed by atoms with van der Waals surface area (Å²) in [7, 11) is 1.71. The second kappa shape index (κ2) is 4.38. The number of Topliss-reactive ketones (excluding diaryl/α,β-unsaturated/α-hetero) is 1. The molecule has 1 aromatic rings. The summed E-state index contributed by atoms with van der Waals surface area (Å²) in [6, 6.07) is 7.77. The molecule has 0 amide bonds. The van der Waals surface area contributed by atoms with Crippen LogP contribution in [-0.4, -0.2) is 18.5 Å². The lowest BCUT2D eigenvalue weighted by molar-refractivity contribution is -0.0704. The third-order valence-corrected chi connectivity index (χ3v) is 3.52. The Kier molecular flexibility index (Phi) is 3.10. The highest BCUT2D eigenvalue weighted by molar-refractivity contribution is 5.96. The molecule has 86 valence electrons. The summed E-state index contributed by atoms with van der Waals surface area (Å²) in [5, 5.41) is 0. The highest BCUT2D eigenvalue weighted by atomic mass is 16.5. The SMILES string of the molecule is COC1(CC(=O)c2cccc(C)c2)CCC1. The number of hydrogen-bond acceptors (Lipinski definition) is 2. The lowest BCUT2D eigenvalue weighted by Gasteiger charge is -2.40. The van der Waals surface area contributed by atoms with E-state index in [0.717, 1.165) is 24.0 Å². The maximum absolute atomic E-state index is 12.1. The minimum atomic E-state index is -0.166. The lowest BCUT2D eigenvalue weighted by Crippen LogP contribution is -2.41. The summed E-state index contributed by atoms with van der Waals surface area (Å²) in [6.45, 7) is 2.01. The van der Waals surface area contributed by atoms with Crippen LogP contribution in [0.3, 0.4) is 0 Å². The van der Waals surface area contributed by atoms with Gasteiger partial charge in [-0.3, -0.25) is 4.79 Å². The molecule has 0 N–H and O–H groups in total. The molecule has 0 heterocycles. The van der Waals surface area contributed by atoms with Crippen LogP contribution in [0.4, 0.5) is 0 Å². The molecule has 0 atom stereocenters. The highest BCUT2D eigenvalue weighted by Gasteiger charge is 2.38. The fourth-order valence-corrected chi connectivity index (χ4v) is 2.24. The molecule has 2 rings (SSSR count). The Labute approximate surface area is 96.6 Å². The van der Waals surface area contributed by atoms with E-state index in [4.69, 9.17) is 4.74 Å². The Morgan fingerprint density at radius 2 is 2.19 bits per heavy atom. The van der Waals surface area contributed by atoms with E-state index in [1.54, 1.807) is 7.11 Å². The molecular formula is C14H18O2. The van der Waals surface area contributed by atoms with Gasteiger partial charge in [0.2, 0.25) is 0 Å². The molecule has 1 saturated carbocycles. The average Bonchev–Trinajstić information content (AvgIpc) is 2.23. The zero-order valence-electron chi connectivity index (χ0n) is 9.95. The first-order chi connectivity index (χ1) is 7.65. The Morgan fingerprint density at radius 1 is 1.44 bits per heavy atom. The molecular weight excluding hydrogens is 200 g/mol. The predicted molar refractivity (Wildman–Crippen MR) is 63.7 cm³/mol. The predicted octanol–water partition coefficient (Wildman–Crippen LogP) is 3.14. The van der Waals surface area contributed by atoms with E-state index < -0.39 is 0 Å². The topological polar surface area (TPSA) is 26.3 Å². The molecule has 0 saturated heterocycles. The van der Waals surface area contributed by atoms with E-state index in [-0.39, 0.29) is 11.4 Å².